The van der Waals surface area contributed by atoms with Gasteiger partial charge in [0.15, 0.2) is 0 Å². The number of aromatic nitrogens is 2. The van der Waals surface area contributed by atoms with Crippen molar-refractivity contribution in [1.29, 1.82) is 0 Å². The Balaban J connectivity index is 1.93. The van der Waals surface area contributed by atoms with E-state index in [-0.39, 0.29) is 5.91 Å². The van der Waals surface area contributed by atoms with E-state index in [0.717, 1.165) is 24.9 Å². The Bertz CT molecular complexity index is 675. The van der Waals surface area contributed by atoms with E-state index in [4.69, 9.17) is 11.6 Å². The number of carbonyl (C=O) groups excluding carboxylic acids is 1. The molecule has 0 saturated heterocycles. The average Bonchev–Trinajstić information content (AvgIpc) is 2.52. The van der Waals surface area contributed by atoms with E-state index in [0.29, 0.717) is 28.9 Å². The van der Waals surface area contributed by atoms with Crippen LogP contribution in [0.4, 0.5) is 5.82 Å². The van der Waals surface area contributed by atoms with Crippen molar-refractivity contribution in [2.45, 2.75) is 26.7 Å². The third-order valence-electron chi connectivity index (χ3n) is 3.21. The smallest absolute Gasteiger partial charge is 0.270 e. The Morgan fingerprint density at radius 3 is 2.78 bits per heavy atom. The maximum Gasteiger partial charge on any atom is 0.270 e. The molecule has 1 aromatic heterocycles. The summed E-state index contributed by atoms with van der Waals surface area (Å²) in [5.41, 5.74) is 1.46. The molecule has 1 heterocycles. The summed E-state index contributed by atoms with van der Waals surface area (Å²) in [6, 6.07) is 9.30. The zero-order chi connectivity index (χ0) is 16.7. The minimum atomic E-state index is -0.197. The van der Waals surface area contributed by atoms with Crippen molar-refractivity contribution < 1.29 is 4.79 Å². The van der Waals surface area contributed by atoms with Crippen LogP contribution in [0.3, 0.4) is 0 Å². The molecule has 0 aliphatic rings. The lowest BCUT2D eigenvalue weighted by molar-refractivity contribution is 0.0949. The summed E-state index contributed by atoms with van der Waals surface area (Å²) in [6.45, 7) is 5.19. The van der Waals surface area contributed by atoms with Gasteiger partial charge in [0.25, 0.3) is 5.91 Å². The zero-order valence-electron chi connectivity index (χ0n) is 13.4. The van der Waals surface area contributed by atoms with Crippen molar-refractivity contribution in [3.8, 4) is 0 Å². The molecule has 0 bridgehead atoms. The maximum absolute atomic E-state index is 12.2. The standard InChI is InChI=1S/C17H21ClN4O/c1-3-8-19-16-11-15(21-12(2)22-16)17(23)20-9-7-13-5-4-6-14(18)10-13/h4-6,10-11H,3,7-9H2,1-2H3,(H,20,23)(H,19,21,22). The molecular formula is C17H21ClN4O. The van der Waals surface area contributed by atoms with Gasteiger partial charge < -0.3 is 10.6 Å². The molecule has 5 nitrogen and oxygen atoms in total. The van der Waals surface area contributed by atoms with Gasteiger partial charge in [0, 0.05) is 24.2 Å². The fourth-order valence-corrected chi connectivity index (χ4v) is 2.34. The van der Waals surface area contributed by atoms with Gasteiger partial charge in [-0.25, -0.2) is 9.97 Å². The van der Waals surface area contributed by atoms with E-state index < -0.39 is 0 Å². The number of anilines is 1. The largest absolute Gasteiger partial charge is 0.370 e. The third-order valence-corrected chi connectivity index (χ3v) is 3.45. The molecule has 0 radical (unpaired) electrons. The predicted octanol–water partition coefficient (Wildman–Crippen LogP) is 3.23. The number of amides is 1. The Labute approximate surface area is 141 Å². The summed E-state index contributed by atoms with van der Waals surface area (Å²) in [7, 11) is 0. The summed E-state index contributed by atoms with van der Waals surface area (Å²) < 4.78 is 0. The van der Waals surface area contributed by atoms with Crippen molar-refractivity contribution in [1.82, 2.24) is 15.3 Å². The topological polar surface area (TPSA) is 66.9 Å². The molecule has 1 aromatic carbocycles. The van der Waals surface area contributed by atoms with Crippen LogP contribution in [0.15, 0.2) is 30.3 Å². The van der Waals surface area contributed by atoms with Crippen molar-refractivity contribution >= 4 is 23.3 Å². The van der Waals surface area contributed by atoms with Crippen molar-refractivity contribution in [2.75, 3.05) is 18.4 Å². The molecule has 2 aromatic rings. The van der Waals surface area contributed by atoms with Crippen LogP contribution < -0.4 is 10.6 Å². The second-order valence-corrected chi connectivity index (χ2v) is 5.68. The molecule has 0 aliphatic carbocycles. The fraction of sp³-hybridized carbons (Fsp3) is 0.353. The van der Waals surface area contributed by atoms with Crippen molar-refractivity contribution in [3.63, 3.8) is 0 Å². The van der Waals surface area contributed by atoms with Gasteiger partial charge in [-0.05, 0) is 37.5 Å². The Morgan fingerprint density at radius 2 is 2.04 bits per heavy atom. The lowest BCUT2D eigenvalue weighted by Gasteiger charge is -2.08. The summed E-state index contributed by atoms with van der Waals surface area (Å²) in [5.74, 6) is 1.06. The number of aryl methyl sites for hydroxylation is 1. The highest BCUT2D eigenvalue weighted by Gasteiger charge is 2.10. The van der Waals surface area contributed by atoms with Gasteiger partial charge in [-0.3, -0.25) is 4.79 Å². The van der Waals surface area contributed by atoms with Gasteiger partial charge in [0.2, 0.25) is 0 Å². The molecule has 0 aliphatic heterocycles. The third kappa shape index (κ3) is 5.53. The molecule has 23 heavy (non-hydrogen) atoms. The van der Waals surface area contributed by atoms with Gasteiger partial charge in [-0.15, -0.1) is 0 Å². The summed E-state index contributed by atoms with van der Waals surface area (Å²) in [6.07, 6.45) is 1.71. The second-order valence-electron chi connectivity index (χ2n) is 5.25. The van der Waals surface area contributed by atoms with Crippen LogP contribution in [0.1, 0.15) is 35.2 Å². The maximum atomic E-state index is 12.2. The van der Waals surface area contributed by atoms with Gasteiger partial charge in [0.1, 0.15) is 17.3 Å². The van der Waals surface area contributed by atoms with Crippen LogP contribution in [-0.2, 0) is 6.42 Å². The number of hydrogen-bond donors (Lipinski definition) is 2. The summed E-state index contributed by atoms with van der Waals surface area (Å²) in [5, 5.41) is 6.75. The van der Waals surface area contributed by atoms with E-state index in [1.807, 2.05) is 24.3 Å². The molecule has 0 saturated carbocycles. The first kappa shape index (κ1) is 17.2. The Hall–Kier alpha value is -2.14. The normalized spacial score (nSPS) is 10.4. The van der Waals surface area contributed by atoms with E-state index >= 15 is 0 Å². The number of carbonyl (C=O) groups is 1. The number of nitrogens with one attached hydrogen (secondary N) is 2. The first-order valence-corrected chi connectivity index (χ1v) is 8.08. The van der Waals surface area contributed by atoms with Gasteiger partial charge in [-0.1, -0.05) is 30.7 Å². The minimum absolute atomic E-state index is 0.197. The van der Waals surface area contributed by atoms with E-state index in [1.165, 1.54) is 0 Å². The van der Waals surface area contributed by atoms with Crippen LogP contribution >= 0.6 is 11.6 Å². The van der Waals surface area contributed by atoms with Crippen LogP contribution in [0.5, 0.6) is 0 Å². The van der Waals surface area contributed by atoms with Crippen LogP contribution in [-0.4, -0.2) is 29.0 Å². The van der Waals surface area contributed by atoms with Gasteiger partial charge >= 0.3 is 0 Å². The number of hydrogen-bond acceptors (Lipinski definition) is 4. The van der Waals surface area contributed by atoms with Crippen LogP contribution in [0.2, 0.25) is 5.02 Å². The summed E-state index contributed by atoms with van der Waals surface area (Å²) in [4.78, 5) is 20.7. The summed E-state index contributed by atoms with van der Waals surface area (Å²) >= 11 is 5.95. The molecule has 2 N–H and O–H groups in total. The van der Waals surface area contributed by atoms with Gasteiger partial charge in [0.05, 0.1) is 0 Å². The molecule has 6 heteroatoms. The zero-order valence-corrected chi connectivity index (χ0v) is 14.2. The monoisotopic (exact) mass is 332 g/mol. The van der Waals surface area contributed by atoms with E-state index in [2.05, 4.69) is 27.5 Å². The predicted molar refractivity (Wildman–Crippen MR) is 93.0 cm³/mol. The molecular weight excluding hydrogens is 312 g/mol. The van der Waals surface area contributed by atoms with E-state index in [9.17, 15) is 4.79 Å². The Morgan fingerprint density at radius 1 is 1.22 bits per heavy atom. The average molecular weight is 333 g/mol. The fourth-order valence-electron chi connectivity index (χ4n) is 2.13. The number of rotatable bonds is 7. The first-order chi connectivity index (χ1) is 11.1. The quantitative estimate of drug-likeness (QED) is 0.817. The Kier molecular flexibility index (Phi) is 6.35. The lowest BCUT2D eigenvalue weighted by Crippen LogP contribution is -2.27. The molecule has 122 valence electrons. The lowest BCUT2D eigenvalue weighted by atomic mass is 10.1. The van der Waals surface area contributed by atoms with E-state index in [1.54, 1.807) is 13.0 Å². The number of benzene rings is 1. The minimum Gasteiger partial charge on any atom is -0.370 e. The molecule has 0 spiro atoms. The molecule has 2 rings (SSSR count). The molecule has 0 atom stereocenters. The van der Waals surface area contributed by atoms with Crippen molar-refractivity contribution in [2.24, 2.45) is 0 Å². The molecule has 0 unspecified atom stereocenters. The van der Waals surface area contributed by atoms with Crippen molar-refractivity contribution in [3.05, 3.63) is 52.4 Å². The molecule has 0 fully saturated rings. The van der Waals surface area contributed by atoms with Gasteiger partial charge in [-0.2, -0.15) is 0 Å². The molecule has 1 amide bonds. The van der Waals surface area contributed by atoms with Crippen LogP contribution in [0.25, 0.3) is 0 Å². The highest BCUT2D eigenvalue weighted by Crippen LogP contribution is 2.11. The van der Waals surface area contributed by atoms with Crippen LogP contribution in [0, 0.1) is 6.92 Å². The number of halogens is 1. The SMILES string of the molecule is CCCNc1cc(C(=O)NCCc2cccc(Cl)c2)nc(C)n1. The number of nitrogens with zero attached hydrogens (tertiary/aromatic N) is 2. The first-order valence-electron chi connectivity index (χ1n) is 7.70. The highest BCUT2D eigenvalue weighted by molar-refractivity contribution is 6.30. The second kappa shape index (κ2) is 8.48. The highest BCUT2D eigenvalue weighted by atomic mass is 35.5.